The van der Waals surface area contributed by atoms with Gasteiger partial charge >= 0.3 is 0 Å². The highest BCUT2D eigenvalue weighted by atomic mass is 32.2. The fourth-order valence-electron chi connectivity index (χ4n) is 2.54. The van der Waals surface area contributed by atoms with Crippen LogP contribution in [0.2, 0.25) is 0 Å². The van der Waals surface area contributed by atoms with Crippen LogP contribution in [0, 0.1) is 13.8 Å². The molecule has 5 nitrogen and oxygen atoms in total. The first-order valence-corrected chi connectivity index (χ1v) is 9.58. The third kappa shape index (κ3) is 4.38. The summed E-state index contributed by atoms with van der Waals surface area (Å²) in [6.45, 7) is 9.28. The fraction of sp³-hybridized carbons (Fsp3) is 0.300. The quantitative estimate of drug-likeness (QED) is 0.305. The van der Waals surface area contributed by atoms with Crippen molar-refractivity contribution in [3.63, 3.8) is 0 Å². The molecule has 0 saturated carbocycles. The molecular formula is C20H23N3O2S. The second-order valence-corrected chi connectivity index (χ2v) is 7.06. The lowest BCUT2D eigenvalue weighted by molar-refractivity contribution is 0.316. The zero-order valence-corrected chi connectivity index (χ0v) is 16.0. The Bertz CT molecular complexity index is 856. The van der Waals surface area contributed by atoms with E-state index in [1.54, 1.807) is 18.0 Å². The highest BCUT2D eigenvalue weighted by Crippen LogP contribution is 2.25. The van der Waals surface area contributed by atoms with Crippen LogP contribution in [0.3, 0.4) is 0 Å². The molecule has 26 heavy (non-hydrogen) atoms. The van der Waals surface area contributed by atoms with Crippen molar-refractivity contribution in [2.75, 3.05) is 12.4 Å². The van der Waals surface area contributed by atoms with E-state index in [9.17, 15) is 0 Å². The van der Waals surface area contributed by atoms with Gasteiger partial charge in [0, 0.05) is 12.3 Å². The van der Waals surface area contributed by atoms with Gasteiger partial charge in [-0.2, -0.15) is 0 Å². The summed E-state index contributed by atoms with van der Waals surface area (Å²) in [4.78, 5) is 0. The average molecular weight is 369 g/mol. The summed E-state index contributed by atoms with van der Waals surface area (Å²) in [6.07, 6.45) is 4.40. The molecule has 0 N–H and O–H groups in total. The van der Waals surface area contributed by atoms with Gasteiger partial charge < -0.3 is 9.15 Å². The number of rotatable bonds is 9. The second-order valence-electron chi connectivity index (χ2n) is 6.00. The highest BCUT2D eigenvalue weighted by molar-refractivity contribution is 7.99. The summed E-state index contributed by atoms with van der Waals surface area (Å²) in [5.41, 5.74) is 2.38. The third-order valence-corrected chi connectivity index (χ3v) is 4.94. The topological polar surface area (TPSA) is 53.1 Å². The molecule has 0 fully saturated rings. The van der Waals surface area contributed by atoms with Crippen molar-refractivity contribution < 1.29 is 9.15 Å². The van der Waals surface area contributed by atoms with Crippen LogP contribution in [-0.2, 0) is 6.54 Å². The van der Waals surface area contributed by atoms with Crippen molar-refractivity contribution >= 4 is 11.8 Å². The molecule has 0 saturated heterocycles. The van der Waals surface area contributed by atoms with Gasteiger partial charge in [0.1, 0.15) is 5.75 Å². The molecule has 0 atom stereocenters. The predicted molar refractivity (Wildman–Crippen MR) is 105 cm³/mol. The van der Waals surface area contributed by atoms with E-state index in [0.717, 1.165) is 34.5 Å². The lowest BCUT2D eigenvalue weighted by atomic mass is 10.1. The average Bonchev–Trinajstić information content (AvgIpc) is 3.28. The molecule has 6 heteroatoms. The maximum absolute atomic E-state index is 5.91. The normalized spacial score (nSPS) is 10.8. The predicted octanol–water partition coefficient (Wildman–Crippen LogP) is 4.90. The van der Waals surface area contributed by atoms with Crippen LogP contribution in [-0.4, -0.2) is 27.1 Å². The van der Waals surface area contributed by atoms with Gasteiger partial charge in [-0.15, -0.1) is 16.8 Å². The molecule has 2 aromatic heterocycles. The lowest BCUT2D eigenvalue weighted by Gasteiger charge is -2.10. The number of aromatic nitrogens is 3. The SMILES string of the molecule is C=CCn1c(SCCCOc2cc(C)ccc2C)nnc1-c1ccco1. The molecule has 0 amide bonds. The van der Waals surface area contributed by atoms with E-state index >= 15 is 0 Å². The van der Waals surface area contributed by atoms with Gasteiger partial charge in [-0.05, 0) is 49.6 Å². The van der Waals surface area contributed by atoms with Crippen LogP contribution < -0.4 is 4.74 Å². The maximum Gasteiger partial charge on any atom is 0.200 e. The minimum Gasteiger partial charge on any atom is -0.493 e. The number of allylic oxidation sites excluding steroid dienone is 1. The summed E-state index contributed by atoms with van der Waals surface area (Å²) >= 11 is 1.67. The Balaban J connectivity index is 1.55. The Morgan fingerprint density at radius 2 is 2.15 bits per heavy atom. The molecule has 136 valence electrons. The van der Waals surface area contributed by atoms with Crippen LogP contribution in [0.1, 0.15) is 17.5 Å². The molecular weight excluding hydrogens is 346 g/mol. The maximum atomic E-state index is 5.91. The number of ether oxygens (including phenoxy) is 1. The summed E-state index contributed by atoms with van der Waals surface area (Å²) < 4.78 is 13.4. The first kappa shape index (κ1) is 18.3. The molecule has 2 heterocycles. The minimum atomic E-state index is 0.643. The van der Waals surface area contributed by atoms with E-state index in [0.29, 0.717) is 18.9 Å². The summed E-state index contributed by atoms with van der Waals surface area (Å²) in [5, 5.41) is 9.43. The van der Waals surface area contributed by atoms with E-state index in [1.807, 2.05) is 22.8 Å². The number of thioether (sulfide) groups is 1. The van der Waals surface area contributed by atoms with Gasteiger partial charge in [-0.1, -0.05) is 30.0 Å². The molecule has 3 aromatic rings. The zero-order chi connectivity index (χ0) is 18.4. The Labute approximate surface area is 158 Å². The fourth-order valence-corrected chi connectivity index (χ4v) is 3.40. The molecule has 1 aromatic carbocycles. The van der Waals surface area contributed by atoms with Crippen LogP contribution in [0.25, 0.3) is 11.6 Å². The van der Waals surface area contributed by atoms with Crippen molar-refractivity contribution in [3.05, 3.63) is 60.4 Å². The molecule has 0 aliphatic carbocycles. The van der Waals surface area contributed by atoms with Gasteiger partial charge in [0.2, 0.25) is 5.82 Å². The molecule has 3 rings (SSSR count). The number of hydrogen-bond acceptors (Lipinski definition) is 5. The zero-order valence-electron chi connectivity index (χ0n) is 15.1. The monoisotopic (exact) mass is 369 g/mol. The number of benzene rings is 1. The van der Waals surface area contributed by atoms with Crippen molar-refractivity contribution in [1.29, 1.82) is 0 Å². The molecule has 0 radical (unpaired) electrons. The molecule has 0 spiro atoms. The van der Waals surface area contributed by atoms with Crippen molar-refractivity contribution in [2.45, 2.75) is 32.0 Å². The molecule has 0 aliphatic rings. The van der Waals surface area contributed by atoms with Crippen molar-refractivity contribution in [1.82, 2.24) is 14.8 Å². The number of nitrogens with zero attached hydrogens (tertiary/aromatic N) is 3. The Morgan fingerprint density at radius 3 is 2.92 bits per heavy atom. The van der Waals surface area contributed by atoms with E-state index in [4.69, 9.17) is 9.15 Å². The smallest absolute Gasteiger partial charge is 0.200 e. The summed E-state index contributed by atoms with van der Waals surface area (Å²) in [5.74, 6) is 3.30. The van der Waals surface area contributed by atoms with Gasteiger partial charge in [0.25, 0.3) is 0 Å². The summed E-state index contributed by atoms with van der Waals surface area (Å²) in [7, 11) is 0. The van der Waals surface area contributed by atoms with E-state index in [2.05, 4.69) is 48.8 Å². The van der Waals surface area contributed by atoms with E-state index < -0.39 is 0 Å². The molecule has 0 aliphatic heterocycles. The summed E-state index contributed by atoms with van der Waals surface area (Å²) in [6, 6.07) is 10.0. The van der Waals surface area contributed by atoms with Gasteiger partial charge in [-0.3, -0.25) is 4.57 Å². The molecule has 0 unspecified atom stereocenters. The third-order valence-electron chi connectivity index (χ3n) is 3.89. The number of aryl methyl sites for hydroxylation is 2. The molecule has 0 bridgehead atoms. The standard InChI is InChI=1S/C20H23N3O2S/c1-4-10-23-19(17-7-5-11-24-17)21-22-20(23)26-13-6-12-25-18-14-15(2)8-9-16(18)3/h4-5,7-9,11,14H,1,6,10,12-13H2,2-3H3. The number of hydrogen-bond donors (Lipinski definition) is 0. The Morgan fingerprint density at radius 1 is 1.27 bits per heavy atom. The van der Waals surface area contributed by atoms with Crippen LogP contribution in [0.5, 0.6) is 5.75 Å². The van der Waals surface area contributed by atoms with E-state index in [-0.39, 0.29) is 0 Å². The lowest BCUT2D eigenvalue weighted by Crippen LogP contribution is -2.03. The first-order valence-electron chi connectivity index (χ1n) is 8.60. The highest BCUT2D eigenvalue weighted by Gasteiger charge is 2.15. The van der Waals surface area contributed by atoms with Crippen LogP contribution in [0.15, 0.2) is 58.8 Å². The van der Waals surface area contributed by atoms with Gasteiger partial charge in [0.15, 0.2) is 10.9 Å². The minimum absolute atomic E-state index is 0.643. The van der Waals surface area contributed by atoms with Crippen LogP contribution in [0.4, 0.5) is 0 Å². The first-order chi connectivity index (χ1) is 12.7. The van der Waals surface area contributed by atoms with Gasteiger partial charge in [0.05, 0.1) is 12.9 Å². The Hall–Kier alpha value is -2.47. The van der Waals surface area contributed by atoms with E-state index in [1.165, 1.54) is 5.56 Å². The van der Waals surface area contributed by atoms with Crippen molar-refractivity contribution in [3.8, 4) is 17.3 Å². The van der Waals surface area contributed by atoms with Gasteiger partial charge in [-0.25, -0.2) is 0 Å². The van der Waals surface area contributed by atoms with Crippen LogP contribution >= 0.6 is 11.8 Å². The largest absolute Gasteiger partial charge is 0.493 e. The Kier molecular flexibility index (Phi) is 6.17. The van der Waals surface area contributed by atoms with Crippen molar-refractivity contribution in [2.24, 2.45) is 0 Å². The number of furan rings is 1. The second kappa shape index (κ2) is 8.76.